The number of aryl methyl sites for hydroxylation is 2. The molecule has 1 aliphatic rings. The Morgan fingerprint density at radius 1 is 1.25 bits per heavy atom. The van der Waals surface area contributed by atoms with Crippen LogP contribution in [0, 0.1) is 13.8 Å². The first-order valence-electron chi connectivity index (χ1n) is 5.22. The highest BCUT2D eigenvalue weighted by Gasteiger charge is 2.21. The van der Waals surface area contributed by atoms with Crippen molar-refractivity contribution < 1.29 is 14.3 Å². The van der Waals surface area contributed by atoms with Gasteiger partial charge in [0.1, 0.15) is 11.8 Å². The van der Waals surface area contributed by atoms with Crippen LogP contribution in [0.4, 0.5) is 0 Å². The van der Waals surface area contributed by atoms with Crippen molar-refractivity contribution in [3.05, 3.63) is 22.8 Å². The highest BCUT2D eigenvalue weighted by Crippen LogP contribution is 2.21. The molecule has 0 bridgehead atoms. The van der Waals surface area contributed by atoms with Crippen molar-refractivity contribution in [2.75, 3.05) is 19.8 Å². The summed E-state index contributed by atoms with van der Waals surface area (Å²) in [6, 6.07) is 0. The van der Waals surface area contributed by atoms with E-state index in [-0.39, 0.29) is 6.10 Å². The molecular weight excluding hydrogens is 208 g/mol. The average molecular weight is 222 g/mol. The molecule has 1 unspecified atom stereocenters. The third-order valence-electron chi connectivity index (χ3n) is 2.55. The van der Waals surface area contributed by atoms with E-state index in [0.29, 0.717) is 31.2 Å². The van der Waals surface area contributed by atoms with Crippen LogP contribution in [-0.4, -0.2) is 36.1 Å². The predicted octanol–water partition coefficient (Wildman–Crippen LogP) is 0.994. The lowest BCUT2D eigenvalue weighted by Gasteiger charge is -2.23. The van der Waals surface area contributed by atoms with Gasteiger partial charge in [-0.2, -0.15) is 0 Å². The number of carbonyl (C=O) groups is 1. The number of carbonyl (C=O) groups excluding carboxylic acids is 1. The molecule has 1 atom stereocenters. The molecule has 1 aliphatic heterocycles. The van der Waals surface area contributed by atoms with Crippen molar-refractivity contribution in [3.8, 4) is 0 Å². The van der Waals surface area contributed by atoms with E-state index in [0.717, 1.165) is 17.7 Å². The Bertz CT molecular complexity index is 400. The Balaban J connectivity index is 2.33. The molecule has 86 valence electrons. The van der Waals surface area contributed by atoms with E-state index in [1.807, 2.05) is 6.92 Å². The first-order chi connectivity index (χ1) is 7.72. The molecular formula is C11H14N2O3. The highest BCUT2D eigenvalue weighted by molar-refractivity contribution is 5.73. The maximum absolute atomic E-state index is 10.7. The minimum absolute atomic E-state index is 0.166. The molecule has 5 nitrogen and oxygen atoms in total. The molecule has 1 fully saturated rings. The Labute approximate surface area is 93.8 Å². The van der Waals surface area contributed by atoms with E-state index < -0.39 is 0 Å². The van der Waals surface area contributed by atoms with Gasteiger partial charge in [0.15, 0.2) is 6.29 Å². The topological polar surface area (TPSA) is 61.3 Å². The van der Waals surface area contributed by atoms with Gasteiger partial charge in [0.25, 0.3) is 0 Å². The molecule has 16 heavy (non-hydrogen) atoms. The van der Waals surface area contributed by atoms with Crippen LogP contribution in [0.2, 0.25) is 0 Å². The number of hydrogen-bond acceptors (Lipinski definition) is 5. The lowest BCUT2D eigenvalue weighted by molar-refractivity contribution is -0.0922. The molecule has 1 aromatic heterocycles. The summed E-state index contributed by atoms with van der Waals surface area (Å²) in [4.78, 5) is 19.3. The summed E-state index contributed by atoms with van der Waals surface area (Å²) < 4.78 is 10.9. The first kappa shape index (κ1) is 11.2. The summed E-state index contributed by atoms with van der Waals surface area (Å²) in [7, 11) is 0. The van der Waals surface area contributed by atoms with E-state index >= 15 is 0 Å². The lowest BCUT2D eigenvalue weighted by atomic mass is 10.2. The van der Waals surface area contributed by atoms with Crippen molar-refractivity contribution in [3.63, 3.8) is 0 Å². The minimum atomic E-state index is -0.166. The van der Waals surface area contributed by atoms with Crippen molar-refractivity contribution >= 4 is 6.29 Å². The van der Waals surface area contributed by atoms with Crippen molar-refractivity contribution in [2.24, 2.45) is 0 Å². The zero-order valence-corrected chi connectivity index (χ0v) is 9.40. The molecule has 1 saturated heterocycles. The van der Waals surface area contributed by atoms with E-state index in [4.69, 9.17) is 9.47 Å². The number of hydrogen-bond donors (Lipinski definition) is 0. The molecule has 0 spiro atoms. The molecule has 0 N–H and O–H groups in total. The molecule has 0 saturated carbocycles. The maximum Gasteiger partial charge on any atom is 0.170 e. The summed E-state index contributed by atoms with van der Waals surface area (Å²) in [5.74, 6) is 0. The average Bonchev–Trinajstić information content (AvgIpc) is 2.32. The predicted molar refractivity (Wildman–Crippen MR) is 56.4 cm³/mol. The van der Waals surface area contributed by atoms with Crippen LogP contribution in [-0.2, 0) is 9.47 Å². The maximum atomic E-state index is 10.7. The number of nitrogens with zero attached hydrogens (tertiary/aromatic N) is 2. The molecule has 0 amide bonds. The summed E-state index contributed by atoms with van der Waals surface area (Å²) in [6.07, 6.45) is 0.554. The highest BCUT2D eigenvalue weighted by atomic mass is 16.6. The molecule has 1 aromatic rings. The van der Waals surface area contributed by atoms with E-state index in [1.165, 1.54) is 0 Å². The van der Waals surface area contributed by atoms with Crippen LogP contribution in [0.5, 0.6) is 0 Å². The number of aromatic nitrogens is 2. The second-order valence-electron chi connectivity index (χ2n) is 3.72. The number of aldehydes is 1. The Kier molecular flexibility index (Phi) is 3.26. The Morgan fingerprint density at radius 2 is 2.06 bits per heavy atom. The van der Waals surface area contributed by atoms with Crippen molar-refractivity contribution in [1.29, 1.82) is 0 Å². The zero-order valence-electron chi connectivity index (χ0n) is 9.40. The fourth-order valence-electron chi connectivity index (χ4n) is 1.70. The van der Waals surface area contributed by atoms with Gasteiger partial charge in [0.2, 0.25) is 0 Å². The Hall–Kier alpha value is -1.33. The summed E-state index contributed by atoms with van der Waals surface area (Å²) >= 11 is 0. The molecule has 0 aromatic carbocycles. The summed E-state index contributed by atoms with van der Waals surface area (Å²) in [6.45, 7) is 5.28. The normalized spacial score (nSPS) is 20.8. The smallest absolute Gasteiger partial charge is 0.170 e. The van der Waals surface area contributed by atoms with Gasteiger partial charge < -0.3 is 9.47 Å². The van der Waals surface area contributed by atoms with Gasteiger partial charge in [-0.25, -0.2) is 4.98 Å². The van der Waals surface area contributed by atoms with Crippen LogP contribution in [0.1, 0.15) is 33.7 Å². The van der Waals surface area contributed by atoms with Crippen LogP contribution < -0.4 is 0 Å². The fraction of sp³-hybridized carbons (Fsp3) is 0.545. The third-order valence-corrected chi connectivity index (χ3v) is 2.55. The summed E-state index contributed by atoms with van der Waals surface area (Å²) in [5, 5.41) is 0. The third kappa shape index (κ3) is 2.10. The largest absolute Gasteiger partial charge is 0.376 e. The van der Waals surface area contributed by atoms with Crippen molar-refractivity contribution in [2.45, 2.75) is 20.0 Å². The van der Waals surface area contributed by atoms with Crippen LogP contribution >= 0.6 is 0 Å². The van der Waals surface area contributed by atoms with Crippen LogP contribution in [0.25, 0.3) is 0 Å². The zero-order chi connectivity index (χ0) is 11.5. The number of ether oxygens (including phenoxy) is 2. The monoisotopic (exact) mass is 222 g/mol. The lowest BCUT2D eigenvalue weighted by Crippen LogP contribution is -2.24. The van der Waals surface area contributed by atoms with Gasteiger partial charge in [-0.1, -0.05) is 0 Å². The molecule has 0 aliphatic carbocycles. The Morgan fingerprint density at radius 3 is 2.69 bits per heavy atom. The van der Waals surface area contributed by atoms with Gasteiger partial charge in [0, 0.05) is 0 Å². The van der Waals surface area contributed by atoms with Crippen LogP contribution in [0.15, 0.2) is 0 Å². The quantitative estimate of drug-likeness (QED) is 0.698. The fourth-order valence-corrected chi connectivity index (χ4v) is 1.70. The van der Waals surface area contributed by atoms with Gasteiger partial charge in [-0.05, 0) is 13.8 Å². The van der Waals surface area contributed by atoms with Crippen molar-refractivity contribution in [1.82, 2.24) is 9.97 Å². The van der Waals surface area contributed by atoms with Gasteiger partial charge >= 0.3 is 0 Å². The minimum Gasteiger partial charge on any atom is -0.376 e. The van der Waals surface area contributed by atoms with Crippen LogP contribution in [0.3, 0.4) is 0 Å². The second kappa shape index (κ2) is 4.67. The molecule has 2 rings (SSSR count). The standard InChI is InChI=1S/C11H14N2O3/c1-7-9(5-14)12-8(2)11(13-7)10-6-15-3-4-16-10/h5,10H,3-4,6H2,1-2H3. The number of rotatable bonds is 2. The molecule has 0 radical (unpaired) electrons. The summed E-state index contributed by atoms with van der Waals surface area (Å²) in [5.41, 5.74) is 2.51. The molecule has 5 heteroatoms. The second-order valence-corrected chi connectivity index (χ2v) is 3.72. The van der Waals surface area contributed by atoms with E-state index in [2.05, 4.69) is 9.97 Å². The first-order valence-corrected chi connectivity index (χ1v) is 5.22. The van der Waals surface area contributed by atoms with Gasteiger partial charge in [0.05, 0.1) is 36.9 Å². The van der Waals surface area contributed by atoms with E-state index in [9.17, 15) is 4.79 Å². The van der Waals surface area contributed by atoms with Gasteiger partial charge in [-0.3, -0.25) is 9.78 Å². The molecule has 2 heterocycles. The SMILES string of the molecule is Cc1nc(C2COCCO2)c(C)nc1C=O. The van der Waals surface area contributed by atoms with Gasteiger partial charge in [-0.15, -0.1) is 0 Å². The van der Waals surface area contributed by atoms with E-state index in [1.54, 1.807) is 6.92 Å².